The van der Waals surface area contributed by atoms with Crippen molar-refractivity contribution in [3.8, 4) is 0 Å². The van der Waals surface area contributed by atoms with Crippen LogP contribution in [0.5, 0.6) is 0 Å². The zero-order valence-corrected chi connectivity index (χ0v) is 16.8. The first kappa shape index (κ1) is 20.1. The summed E-state index contributed by atoms with van der Waals surface area (Å²) in [5, 5.41) is 2.99. The van der Waals surface area contributed by atoms with Gasteiger partial charge in [-0.15, -0.1) is 0 Å². The Hall–Kier alpha value is -1.63. The first-order valence-electron chi connectivity index (χ1n) is 10.6. The number of nitrogens with zero attached hydrogens (tertiary/aromatic N) is 3. The second-order valence-electron chi connectivity index (χ2n) is 8.35. The number of piperazine rings is 1. The number of piperidine rings is 1. The molecule has 1 atom stereocenters. The second kappa shape index (κ2) is 9.04. The summed E-state index contributed by atoms with van der Waals surface area (Å²) in [7, 11) is 0. The van der Waals surface area contributed by atoms with Gasteiger partial charge in [0.15, 0.2) is 0 Å². The molecule has 152 valence electrons. The molecule has 3 rings (SSSR count). The summed E-state index contributed by atoms with van der Waals surface area (Å²) in [6, 6.07) is 0.207. The van der Waals surface area contributed by atoms with Gasteiger partial charge in [-0.2, -0.15) is 0 Å². The minimum atomic E-state index is 0.0495. The zero-order chi connectivity index (χ0) is 19.4. The van der Waals surface area contributed by atoms with Gasteiger partial charge in [0.2, 0.25) is 17.7 Å². The highest BCUT2D eigenvalue weighted by Crippen LogP contribution is 2.32. The number of hydrogen-bond acceptors (Lipinski definition) is 4. The van der Waals surface area contributed by atoms with Crippen LogP contribution in [0.3, 0.4) is 0 Å². The van der Waals surface area contributed by atoms with Crippen LogP contribution in [0.2, 0.25) is 0 Å². The Morgan fingerprint density at radius 1 is 0.852 bits per heavy atom. The number of amides is 3. The van der Waals surface area contributed by atoms with Crippen molar-refractivity contribution in [2.75, 3.05) is 45.8 Å². The first-order valence-corrected chi connectivity index (χ1v) is 10.6. The summed E-state index contributed by atoms with van der Waals surface area (Å²) in [4.78, 5) is 43.0. The molecule has 7 nitrogen and oxygen atoms in total. The molecule has 27 heavy (non-hydrogen) atoms. The molecule has 2 aliphatic heterocycles. The number of carbonyl (C=O) groups is 3. The van der Waals surface area contributed by atoms with Crippen molar-refractivity contribution in [2.45, 2.75) is 52.0 Å². The average molecular weight is 379 g/mol. The molecule has 2 saturated heterocycles. The predicted molar refractivity (Wildman–Crippen MR) is 103 cm³/mol. The van der Waals surface area contributed by atoms with Crippen LogP contribution in [-0.2, 0) is 14.4 Å². The van der Waals surface area contributed by atoms with Gasteiger partial charge in [0.25, 0.3) is 0 Å². The van der Waals surface area contributed by atoms with Gasteiger partial charge in [-0.3, -0.25) is 19.3 Å². The topological polar surface area (TPSA) is 73.0 Å². The van der Waals surface area contributed by atoms with E-state index in [4.69, 9.17) is 0 Å². The van der Waals surface area contributed by atoms with Crippen molar-refractivity contribution >= 4 is 17.7 Å². The van der Waals surface area contributed by atoms with Gasteiger partial charge >= 0.3 is 0 Å². The lowest BCUT2D eigenvalue weighted by molar-refractivity contribution is -0.142. The number of rotatable bonds is 6. The number of likely N-dealkylation sites (tertiary alicyclic amines) is 1. The minimum absolute atomic E-state index is 0.0495. The Balaban J connectivity index is 1.37. The lowest BCUT2D eigenvalue weighted by atomic mass is 9.94. The van der Waals surface area contributed by atoms with E-state index in [1.54, 1.807) is 0 Å². The molecular weight excluding hydrogens is 344 g/mol. The summed E-state index contributed by atoms with van der Waals surface area (Å²) in [5.41, 5.74) is 0. The fourth-order valence-corrected chi connectivity index (χ4v) is 3.95. The maximum atomic E-state index is 12.8. The van der Waals surface area contributed by atoms with Crippen LogP contribution in [0.1, 0.15) is 46.0 Å². The lowest BCUT2D eigenvalue weighted by Crippen LogP contribution is -2.53. The van der Waals surface area contributed by atoms with Gasteiger partial charge in [0.1, 0.15) is 0 Å². The molecule has 3 aliphatic rings. The van der Waals surface area contributed by atoms with Crippen molar-refractivity contribution < 1.29 is 14.4 Å². The molecule has 2 heterocycles. The van der Waals surface area contributed by atoms with Crippen LogP contribution in [0.25, 0.3) is 0 Å². The normalized spacial score (nSPS) is 23.2. The summed E-state index contributed by atoms with van der Waals surface area (Å²) >= 11 is 0. The van der Waals surface area contributed by atoms with Gasteiger partial charge in [0, 0.05) is 57.1 Å². The number of nitrogens with one attached hydrogen (secondary N) is 1. The molecule has 3 fully saturated rings. The van der Waals surface area contributed by atoms with Crippen molar-refractivity contribution in [2.24, 2.45) is 11.8 Å². The molecule has 1 N–H and O–H groups in total. The van der Waals surface area contributed by atoms with E-state index in [-0.39, 0.29) is 29.7 Å². The molecule has 1 saturated carbocycles. The van der Waals surface area contributed by atoms with Crippen LogP contribution in [0, 0.1) is 11.8 Å². The van der Waals surface area contributed by atoms with E-state index < -0.39 is 0 Å². The van der Waals surface area contributed by atoms with Crippen molar-refractivity contribution in [3.63, 3.8) is 0 Å². The smallest absolute Gasteiger partial charge is 0.234 e. The van der Waals surface area contributed by atoms with Crippen LogP contribution in [-0.4, -0.2) is 84.3 Å². The quantitative estimate of drug-likeness (QED) is 0.738. The summed E-state index contributed by atoms with van der Waals surface area (Å²) in [6.07, 6.45) is 4.58. The summed E-state index contributed by atoms with van der Waals surface area (Å²) < 4.78 is 0. The van der Waals surface area contributed by atoms with E-state index in [0.717, 1.165) is 58.3 Å². The second-order valence-corrected chi connectivity index (χ2v) is 8.35. The fourth-order valence-electron chi connectivity index (χ4n) is 3.95. The van der Waals surface area contributed by atoms with E-state index in [0.29, 0.717) is 25.5 Å². The Bertz CT molecular complexity index is 547. The highest BCUT2D eigenvalue weighted by atomic mass is 16.2. The number of carbonyl (C=O) groups excluding carboxylic acids is 3. The Kier molecular flexibility index (Phi) is 6.73. The molecule has 1 aliphatic carbocycles. The van der Waals surface area contributed by atoms with Crippen LogP contribution >= 0.6 is 0 Å². The van der Waals surface area contributed by atoms with Crippen LogP contribution in [0.15, 0.2) is 0 Å². The predicted octanol–water partition coefficient (Wildman–Crippen LogP) is 0.694. The van der Waals surface area contributed by atoms with Gasteiger partial charge in [-0.1, -0.05) is 6.92 Å². The van der Waals surface area contributed by atoms with Crippen LogP contribution in [0.4, 0.5) is 0 Å². The van der Waals surface area contributed by atoms with Gasteiger partial charge in [-0.25, -0.2) is 0 Å². The highest BCUT2D eigenvalue weighted by molar-refractivity contribution is 5.82. The van der Waals surface area contributed by atoms with Crippen LogP contribution < -0.4 is 5.32 Å². The summed E-state index contributed by atoms with van der Waals surface area (Å²) in [5.74, 6) is 0.913. The molecule has 0 aromatic rings. The van der Waals surface area contributed by atoms with Gasteiger partial charge < -0.3 is 15.1 Å². The monoisotopic (exact) mass is 378 g/mol. The van der Waals surface area contributed by atoms with Crippen molar-refractivity contribution in [1.29, 1.82) is 0 Å². The highest BCUT2D eigenvalue weighted by Gasteiger charge is 2.37. The first-order chi connectivity index (χ1) is 13.0. The number of hydrogen-bond donors (Lipinski definition) is 1. The maximum Gasteiger partial charge on any atom is 0.234 e. The standard InChI is InChI=1S/C20H34N4O3/c1-3-15(2)21-18(25)14-22-10-12-24(13-11-22)20(27)17-6-8-23(9-7-17)19(26)16-4-5-16/h15-17H,3-14H2,1-2H3,(H,21,25). The molecule has 0 spiro atoms. The third-order valence-corrected chi connectivity index (χ3v) is 6.15. The largest absolute Gasteiger partial charge is 0.353 e. The van der Waals surface area contributed by atoms with E-state index in [1.807, 2.05) is 16.7 Å². The molecular formula is C20H34N4O3. The molecule has 0 aromatic heterocycles. The van der Waals surface area contributed by atoms with E-state index >= 15 is 0 Å². The Morgan fingerprint density at radius 3 is 1.89 bits per heavy atom. The van der Waals surface area contributed by atoms with E-state index in [2.05, 4.69) is 17.1 Å². The Labute approximate surface area is 162 Å². The molecule has 0 radical (unpaired) electrons. The molecule has 3 amide bonds. The minimum Gasteiger partial charge on any atom is -0.353 e. The van der Waals surface area contributed by atoms with E-state index in [1.165, 1.54) is 0 Å². The van der Waals surface area contributed by atoms with Gasteiger partial charge in [-0.05, 0) is 39.0 Å². The maximum absolute atomic E-state index is 12.8. The molecule has 0 bridgehead atoms. The lowest BCUT2D eigenvalue weighted by Gasteiger charge is -2.38. The van der Waals surface area contributed by atoms with Crippen molar-refractivity contribution in [1.82, 2.24) is 20.0 Å². The Morgan fingerprint density at radius 2 is 1.37 bits per heavy atom. The third kappa shape index (κ3) is 5.43. The van der Waals surface area contributed by atoms with Gasteiger partial charge in [0.05, 0.1) is 6.54 Å². The molecule has 7 heteroatoms. The molecule has 1 unspecified atom stereocenters. The van der Waals surface area contributed by atoms with Crippen molar-refractivity contribution in [3.05, 3.63) is 0 Å². The zero-order valence-electron chi connectivity index (χ0n) is 16.8. The average Bonchev–Trinajstić information content (AvgIpc) is 3.52. The summed E-state index contributed by atoms with van der Waals surface area (Å²) in [6.45, 7) is 8.81. The van der Waals surface area contributed by atoms with E-state index in [9.17, 15) is 14.4 Å². The third-order valence-electron chi connectivity index (χ3n) is 6.15. The SMILES string of the molecule is CCC(C)NC(=O)CN1CCN(C(=O)C2CCN(C(=O)C3CC3)CC2)CC1. The fraction of sp³-hybridized carbons (Fsp3) is 0.850. The molecule has 0 aromatic carbocycles.